The summed E-state index contributed by atoms with van der Waals surface area (Å²) < 4.78 is 7.55. The van der Waals surface area contributed by atoms with Crippen LogP contribution in [-0.4, -0.2) is 34.5 Å². The van der Waals surface area contributed by atoms with E-state index in [9.17, 15) is 4.79 Å². The molecule has 0 aliphatic carbocycles. The molecule has 3 heterocycles. The molecule has 1 fully saturated rings. The Morgan fingerprint density at radius 2 is 2.16 bits per heavy atom. The number of rotatable bonds is 4. The van der Waals surface area contributed by atoms with Crippen LogP contribution in [0.5, 0.6) is 0 Å². The van der Waals surface area contributed by atoms with E-state index in [1.54, 1.807) is 6.20 Å². The van der Waals surface area contributed by atoms with E-state index < -0.39 is 0 Å². The van der Waals surface area contributed by atoms with Crippen LogP contribution in [0.25, 0.3) is 16.8 Å². The van der Waals surface area contributed by atoms with Crippen LogP contribution in [0.1, 0.15) is 28.8 Å². The summed E-state index contributed by atoms with van der Waals surface area (Å²) in [4.78, 5) is 16.6. The van der Waals surface area contributed by atoms with Crippen LogP contribution in [0.3, 0.4) is 0 Å². The number of aryl methyl sites for hydroxylation is 1. The van der Waals surface area contributed by atoms with Gasteiger partial charge in [0.05, 0.1) is 6.10 Å². The molecule has 2 aromatic heterocycles. The van der Waals surface area contributed by atoms with Gasteiger partial charge in [-0.3, -0.25) is 4.79 Å². The molecular weight excluding hydrogens is 314 g/mol. The van der Waals surface area contributed by atoms with Gasteiger partial charge in [0.2, 0.25) is 0 Å². The van der Waals surface area contributed by atoms with E-state index in [2.05, 4.69) is 29.5 Å². The second-order valence-corrected chi connectivity index (χ2v) is 6.49. The normalized spacial score (nSPS) is 17.1. The zero-order valence-electron chi connectivity index (χ0n) is 14.2. The molecule has 0 radical (unpaired) electrons. The summed E-state index contributed by atoms with van der Waals surface area (Å²) >= 11 is 0. The van der Waals surface area contributed by atoms with Gasteiger partial charge >= 0.3 is 0 Å². The molecule has 0 spiro atoms. The third-order valence-corrected chi connectivity index (χ3v) is 4.67. The third kappa shape index (κ3) is 3.28. The minimum Gasteiger partial charge on any atom is -0.376 e. The Morgan fingerprint density at radius 3 is 2.92 bits per heavy atom. The summed E-state index contributed by atoms with van der Waals surface area (Å²) in [5.41, 5.74) is 4.95. The molecule has 1 amide bonds. The van der Waals surface area contributed by atoms with Crippen molar-refractivity contribution >= 4 is 11.6 Å². The van der Waals surface area contributed by atoms with E-state index in [-0.39, 0.29) is 12.0 Å². The molecule has 0 saturated carbocycles. The molecule has 1 unspecified atom stereocenters. The summed E-state index contributed by atoms with van der Waals surface area (Å²) in [5, 5.41) is 2.95. The second kappa shape index (κ2) is 6.69. The summed E-state index contributed by atoms with van der Waals surface area (Å²) in [6.45, 7) is 3.44. The highest BCUT2D eigenvalue weighted by Crippen LogP contribution is 2.23. The molecule has 5 heteroatoms. The molecule has 25 heavy (non-hydrogen) atoms. The Kier molecular flexibility index (Phi) is 4.24. The predicted octanol–water partition coefficient (Wildman–Crippen LogP) is 3.22. The highest BCUT2D eigenvalue weighted by molar-refractivity contribution is 5.94. The van der Waals surface area contributed by atoms with Gasteiger partial charge in [0.15, 0.2) is 0 Å². The van der Waals surface area contributed by atoms with Crippen molar-refractivity contribution in [3.8, 4) is 11.1 Å². The van der Waals surface area contributed by atoms with E-state index in [0.717, 1.165) is 41.8 Å². The number of nitrogens with zero attached hydrogens (tertiary/aromatic N) is 2. The summed E-state index contributed by atoms with van der Waals surface area (Å²) in [6.07, 6.45) is 8.06. The molecule has 1 aliphatic rings. The quantitative estimate of drug-likeness (QED) is 0.796. The maximum atomic E-state index is 12.3. The average Bonchev–Trinajstić information content (AvgIpc) is 3.31. The van der Waals surface area contributed by atoms with Gasteiger partial charge in [-0.15, -0.1) is 0 Å². The fraction of sp³-hybridized carbons (Fsp3) is 0.300. The number of amides is 1. The number of hydrogen-bond acceptors (Lipinski definition) is 3. The van der Waals surface area contributed by atoms with Crippen LogP contribution in [0.2, 0.25) is 0 Å². The molecule has 3 aromatic rings. The Hall–Kier alpha value is -2.66. The lowest BCUT2D eigenvalue weighted by Gasteiger charge is -2.11. The molecule has 1 atom stereocenters. The number of carbonyl (C=O) groups is 1. The molecule has 1 N–H and O–H groups in total. The van der Waals surface area contributed by atoms with Gasteiger partial charge < -0.3 is 14.5 Å². The van der Waals surface area contributed by atoms with Crippen LogP contribution in [-0.2, 0) is 4.74 Å². The van der Waals surface area contributed by atoms with E-state index in [0.29, 0.717) is 12.1 Å². The topological polar surface area (TPSA) is 55.6 Å². The lowest BCUT2D eigenvalue weighted by Crippen LogP contribution is -2.31. The number of fused-ring (bicyclic) bond motifs is 1. The minimum absolute atomic E-state index is 0.0525. The van der Waals surface area contributed by atoms with E-state index in [4.69, 9.17) is 4.74 Å². The van der Waals surface area contributed by atoms with Crippen molar-refractivity contribution in [2.75, 3.05) is 13.2 Å². The molecule has 4 rings (SSSR count). The van der Waals surface area contributed by atoms with Crippen LogP contribution >= 0.6 is 0 Å². The smallest absolute Gasteiger partial charge is 0.251 e. The molecule has 1 aliphatic heterocycles. The van der Waals surface area contributed by atoms with Crippen molar-refractivity contribution in [3.63, 3.8) is 0 Å². The van der Waals surface area contributed by atoms with Crippen molar-refractivity contribution in [1.82, 2.24) is 14.7 Å². The molecule has 5 nitrogen and oxygen atoms in total. The zero-order chi connectivity index (χ0) is 17.2. The van der Waals surface area contributed by atoms with Crippen molar-refractivity contribution in [1.29, 1.82) is 0 Å². The van der Waals surface area contributed by atoms with Gasteiger partial charge in [-0.2, -0.15) is 0 Å². The molecule has 1 saturated heterocycles. The Morgan fingerprint density at radius 1 is 1.32 bits per heavy atom. The van der Waals surface area contributed by atoms with Crippen LogP contribution in [0.15, 0.2) is 48.9 Å². The standard InChI is InChI=1S/C20H21N3O2/c1-14-11-17(13-23-9-8-21-19(14)23)15-4-6-16(7-5-15)20(24)22-12-18-3-2-10-25-18/h4-9,11,13,18H,2-3,10,12H2,1H3,(H,22,24). The number of ether oxygens (including phenoxy) is 1. The van der Waals surface area contributed by atoms with Crippen molar-refractivity contribution in [2.45, 2.75) is 25.9 Å². The molecular formula is C20H21N3O2. The van der Waals surface area contributed by atoms with Crippen molar-refractivity contribution < 1.29 is 9.53 Å². The first kappa shape index (κ1) is 15.8. The van der Waals surface area contributed by atoms with E-state index >= 15 is 0 Å². The minimum atomic E-state index is -0.0525. The molecule has 1 aromatic carbocycles. The first-order valence-electron chi connectivity index (χ1n) is 8.64. The van der Waals surface area contributed by atoms with Crippen LogP contribution < -0.4 is 5.32 Å². The van der Waals surface area contributed by atoms with Gasteiger partial charge in [0, 0.05) is 37.3 Å². The highest BCUT2D eigenvalue weighted by Gasteiger charge is 2.16. The van der Waals surface area contributed by atoms with Crippen LogP contribution in [0.4, 0.5) is 0 Å². The number of imidazole rings is 1. The first-order valence-corrected chi connectivity index (χ1v) is 8.64. The van der Waals surface area contributed by atoms with Gasteiger partial charge in [0.1, 0.15) is 5.65 Å². The lowest BCUT2D eigenvalue weighted by molar-refractivity contribution is 0.0858. The molecule has 0 bridgehead atoms. The van der Waals surface area contributed by atoms with Crippen LogP contribution in [0, 0.1) is 6.92 Å². The highest BCUT2D eigenvalue weighted by atomic mass is 16.5. The summed E-state index contributed by atoms with van der Waals surface area (Å²) in [5.74, 6) is -0.0525. The van der Waals surface area contributed by atoms with Crippen molar-refractivity contribution in [3.05, 3.63) is 60.0 Å². The fourth-order valence-corrected chi connectivity index (χ4v) is 3.29. The van der Waals surface area contributed by atoms with Gasteiger partial charge in [-0.1, -0.05) is 12.1 Å². The predicted molar refractivity (Wildman–Crippen MR) is 96.7 cm³/mol. The average molecular weight is 335 g/mol. The third-order valence-electron chi connectivity index (χ3n) is 4.67. The maximum absolute atomic E-state index is 12.3. The van der Waals surface area contributed by atoms with E-state index in [1.165, 1.54) is 0 Å². The number of hydrogen-bond donors (Lipinski definition) is 1. The first-order chi connectivity index (χ1) is 12.2. The number of carbonyl (C=O) groups excluding carboxylic acids is 1. The summed E-state index contributed by atoms with van der Waals surface area (Å²) in [6, 6.07) is 9.83. The lowest BCUT2D eigenvalue weighted by atomic mass is 10.0. The fourth-order valence-electron chi connectivity index (χ4n) is 3.29. The van der Waals surface area contributed by atoms with Crippen molar-refractivity contribution in [2.24, 2.45) is 0 Å². The molecule has 128 valence electrons. The number of benzene rings is 1. The van der Waals surface area contributed by atoms with Gasteiger partial charge in [-0.25, -0.2) is 4.98 Å². The number of pyridine rings is 1. The monoisotopic (exact) mass is 335 g/mol. The zero-order valence-corrected chi connectivity index (χ0v) is 14.2. The Bertz CT molecular complexity index is 893. The van der Waals surface area contributed by atoms with Gasteiger partial charge in [0.25, 0.3) is 5.91 Å². The largest absolute Gasteiger partial charge is 0.376 e. The van der Waals surface area contributed by atoms with E-state index in [1.807, 2.05) is 34.9 Å². The van der Waals surface area contributed by atoms with Gasteiger partial charge in [-0.05, 0) is 54.7 Å². The second-order valence-electron chi connectivity index (χ2n) is 6.49. The summed E-state index contributed by atoms with van der Waals surface area (Å²) in [7, 11) is 0. The number of aromatic nitrogens is 2. The SMILES string of the molecule is Cc1cc(-c2ccc(C(=O)NCC3CCCO3)cc2)cn2ccnc12. The Balaban J connectivity index is 1.49. The maximum Gasteiger partial charge on any atom is 0.251 e. The number of nitrogens with one attached hydrogen (secondary N) is 1. The Labute approximate surface area is 146 Å².